The van der Waals surface area contributed by atoms with Crippen LogP contribution in [0, 0.1) is 0 Å². The molecule has 1 aromatic carbocycles. The van der Waals surface area contributed by atoms with Crippen molar-refractivity contribution in [3.63, 3.8) is 0 Å². The van der Waals surface area contributed by atoms with E-state index in [4.69, 9.17) is 5.73 Å². The molecular formula is C13H17ClN2O2. The van der Waals surface area contributed by atoms with Crippen molar-refractivity contribution >= 4 is 29.8 Å². The number of benzene rings is 1. The normalized spacial score (nSPS) is 15.3. The minimum absolute atomic E-state index is 0. The number of carbonyl (C=O) groups is 2. The lowest BCUT2D eigenvalue weighted by Gasteiger charge is -2.16. The molecule has 0 radical (unpaired) electrons. The smallest absolute Gasteiger partial charge is 0.240 e. The highest BCUT2D eigenvalue weighted by Gasteiger charge is 2.18. The number of carbonyl (C=O) groups excluding carboxylic acids is 2. The molecule has 0 saturated heterocycles. The number of anilines is 1. The Morgan fingerprint density at radius 1 is 1.39 bits per heavy atom. The summed E-state index contributed by atoms with van der Waals surface area (Å²) in [6, 6.07) is 4.92. The molecule has 0 spiro atoms. The minimum Gasteiger partial charge on any atom is -0.325 e. The second kappa shape index (κ2) is 5.98. The summed E-state index contributed by atoms with van der Waals surface area (Å²) in [6.07, 6.45) is 2.44. The number of hydrogen-bond acceptors (Lipinski definition) is 3. The van der Waals surface area contributed by atoms with Crippen molar-refractivity contribution in [3.8, 4) is 0 Å². The van der Waals surface area contributed by atoms with Gasteiger partial charge in [-0.3, -0.25) is 9.59 Å². The average molecular weight is 269 g/mol. The molecule has 1 aromatic rings. The minimum atomic E-state index is -0.554. The van der Waals surface area contributed by atoms with E-state index in [0.29, 0.717) is 12.1 Å². The van der Waals surface area contributed by atoms with E-state index in [9.17, 15) is 9.59 Å². The predicted octanol–water partition coefficient (Wildman–Crippen LogP) is 1.91. The molecule has 0 aromatic heterocycles. The van der Waals surface area contributed by atoms with Gasteiger partial charge >= 0.3 is 0 Å². The lowest BCUT2D eigenvalue weighted by molar-refractivity contribution is -0.117. The molecule has 0 saturated carbocycles. The van der Waals surface area contributed by atoms with E-state index < -0.39 is 6.04 Å². The first-order valence-electron chi connectivity index (χ1n) is 5.80. The fourth-order valence-electron chi connectivity index (χ4n) is 1.96. The number of fused-ring (bicyclic) bond motifs is 1. The van der Waals surface area contributed by atoms with Crippen LogP contribution in [0.3, 0.4) is 0 Å². The number of aryl methyl sites for hydroxylation is 1. The van der Waals surface area contributed by atoms with Crippen LogP contribution in [0.5, 0.6) is 0 Å². The van der Waals surface area contributed by atoms with Gasteiger partial charge < -0.3 is 11.1 Å². The first kappa shape index (κ1) is 14.7. The molecule has 1 amide bonds. The van der Waals surface area contributed by atoms with Gasteiger partial charge in [0, 0.05) is 17.7 Å². The summed E-state index contributed by atoms with van der Waals surface area (Å²) >= 11 is 0. The molecule has 1 aliphatic carbocycles. The molecule has 3 N–H and O–H groups in total. The van der Waals surface area contributed by atoms with Crippen LogP contribution in [-0.4, -0.2) is 17.7 Å². The third-order valence-electron chi connectivity index (χ3n) is 2.94. The quantitative estimate of drug-likeness (QED) is 0.861. The first-order valence-corrected chi connectivity index (χ1v) is 5.80. The maximum absolute atomic E-state index is 11.7. The third-order valence-corrected chi connectivity index (χ3v) is 2.94. The lowest BCUT2D eigenvalue weighted by Crippen LogP contribution is -2.32. The van der Waals surface area contributed by atoms with Gasteiger partial charge in [0.15, 0.2) is 5.78 Å². The molecule has 4 nitrogen and oxygen atoms in total. The Hall–Kier alpha value is -1.39. The summed E-state index contributed by atoms with van der Waals surface area (Å²) in [7, 11) is 0. The van der Waals surface area contributed by atoms with Crippen molar-refractivity contribution in [2.75, 3.05) is 5.32 Å². The Morgan fingerprint density at radius 3 is 2.78 bits per heavy atom. The van der Waals surface area contributed by atoms with Crippen molar-refractivity contribution < 1.29 is 9.59 Å². The Balaban J connectivity index is 0.00000162. The molecular weight excluding hydrogens is 252 g/mol. The van der Waals surface area contributed by atoms with Gasteiger partial charge in [-0.15, -0.1) is 12.4 Å². The third kappa shape index (κ3) is 3.09. The molecule has 0 unspecified atom stereocenters. The lowest BCUT2D eigenvalue weighted by atomic mass is 9.90. The highest BCUT2D eigenvalue weighted by Crippen LogP contribution is 2.24. The molecule has 0 fully saturated rings. The number of nitrogens with one attached hydrogen (secondary N) is 1. The first-order chi connectivity index (χ1) is 8.08. The van der Waals surface area contributed by atoms with E-state index in [0.717, 1.165) is 24.0 Å². The van der Waals surface area contributed by atoms with Crippen LogP contribution in [-0.2, 0) is 11.2 Å². The van der Waals surface area contributed by atoms with Gasteiger partial charge in [-0.2, -0.15) is 0 Å². The maximum Gasteiger partial charge on any atom is 0.240 e. The zero-order chi connectivity index (χ0) is 12.4. The molecule has 98 valence electrons. The van der Waals surface area contributed by atoms with E-state index >= 15 is 0 Å². The van der Waals surface area contributed by atoms with E-state index in [2.05, 4.69) is 5.32 Å². The molecule has 18 heavy (non-hydrogen) atoms. The highest BCUT2D eigenvalue weighted by molar-refractivity contribution is 6.01. The zero-order valence-electron chi connectivity index (χ0n) is 10.2. The highest BCUT2D eigenvalue weighted by atomic mass is 35.5. The number of rotatable bonds is 2. The van der Waals surface area contributed by atoms with Crippen molar-refractivity contribution in [1.82, 2.24) is 0 Å². The van der Waals surface area contributed by atoms with Crippen LogP contribution in [0.4, 0.5) is 5.69 Å². The number of Topliss-reactive ketones (excluding diaryl/α,β-unsaturated/α-hetero) is 1. The Morgan fingerprint density at radius 2 is 2.11 bits per heavy atom. The molecule has 1 aliphatic rings. The largest absolute Gasteiger partial charge is 0.325 e. The number of hydrogen-bond donors (Lipinski definition) is 2. The van der Waals surface area contributed by atoms with Crippen molar-refractivity contribution in [1.29, 1.82) is 0 Å². The van der Waals surface area contributed by atoms with Crippen LogP contribution in [0.2, 0.25) is 0 Å². The number of ketones is 1. The summed E-state index contributed by atoms with van der Waals surface area (Å²) in [5.41, 5.74) is 7.91. The summed E-state index contributed by atoms with van der Waals surface area (Å²) in [4.78, 5) is 23.2. The average Bonchev–Trinajstić information content (AvgIpc) is 2.30. The van der Waals surface area contributed by atoms with Crippen LogP contribution >= 0.6 is 12.4 Å². The van der Waals surface area contributed by atoms with Crippen molar-refractivity contribution in [2.45, 2.75) is 32.2 Å². The summed E-state index contributed by atoms with van der Waals surface area (Å²) in [5, 5.41) is 2.70. The number of amides is 1. The van der Waals surface area contributed by atoms with E-state index in [-0.39, 0.29) is 24.1 Å². The van der Waals surface area contributed by atoms with E-state index in [1.165, 1.54) is 0 Å². The SMILES string of the molecule is C[C@H](N)C(=O)Nc1ccc2c(c1)C(=O)CCC2.Cl. The van der Waals surface area contributed by atoms with Gasteiger partial charge in [-0.05, 0) is 37.5 Å². The fraction of sp³-hybridized carbons (Fsp3) is 0.385. The van der Waals surface area contributed by atoms with Gasteiger partial charge in [0.2, 0.25) is 5.91 Å². The van der Waals surface area contributed by atoms with Crippen LogP contribution in [0.15, 0.2) is 18.2 Å². The fourth-order valence-corrected chi connectivity index (χ4v) is 1.96. The van der Waals surface area contributed by atoms with Crippen LogP contribution in [0.25, 0.3) is 0 Å². The monoisotopic (exact) mass is 268 g/mol. The summed E-state index contributed by atoms with van der Waals surface area (Å²) in [6.45, 7) is 1.62. The van der Waals surface area contributed by atoms with Gasteiger partial charge in [0.1, 0.15) is 0 Å². The number of halogens is 1. The summed E-state index contributed by atoms with van der Waals surface area (Å²) in [5.74, 6) is -0.0867. The van der Waals surface area contributed by atoms with E-state index in [1.807, 2.05) is 12.1 Å². The molecule has 0 aliphatic heterocycles. The Labute approximate surface area is 112 Å². The van der Waals surface area contributed by atoms with E-state index in [1.54, 1.807) is 13.0 Å². The van der Waals surface area contributed by atoms with Gasteiger partial charge in [-0.1, -0.05) is 6.07 Å². The van der Waals surface area contributed by atoms with Crippen LogP contribution in [0.1, 0.15) is 35.7 Å². The molecule has 5 heteroatoms. The van der Waals surface area contributed by atoms with Gasteiger partial charge in [0.05, 0.1) is 6.04 Å². The second-order valence-electron chi connectivity index (χ2n) is 4.43. The summed E-state index contributed by atoms with van der Waals surface area (Å²) < 4.78 is 0. The molecule has 0 bridgehead atoms. The predicted molar refractivity (Wildman–Crippen MR) is 73.2 cm³/mol. The second-order valence-corrected chi connectivity index (χ2v) is 4.43. The Kier molecular flexibility index (Phi) is 4.87. The zero-order valence-corrected chi connectivity index (χ0v) is 11.0. The number of nitrogens with two attached hydrogens (primary N) is 1. The maximum atomic E-state index is 11.7. The molecule has 0 heterocycles. The molecule has 2 rings (SSSR count). The van der Waals surface area contributed by atoms with Crippen LogP contribution < -0.4 is 11.1 Å². The Bertz CT molecular complexity index is 472. The topological polar surface area (TPSA) is 72.2 Å². The standard InChI is InChI=1S/C13H16N2O2.ClH/c1-8(14)13(17)15-10-6-5-9-3-2-4-12(16)11(9)7-10;/h5-8H,2-4,14H2,1H3,(H,15,17);1H/t8-;/m0./s1. The molecule has 1 atom stereocenters. The van der Waals surface area contributed by atoms with Crippen molar-refractivity contribution in [3.05, 3.63) is 29.3 Å². The van der Waals surface area contributed by atoms with Gasteiger partial charge in [-0.25, -0.2) is 0 Å². The van der Waals surface area contributed by atoms with Crippen molar-refractivity contribution in [2.24, 2.45) is 5.73 Å². The van der Waals surface area contributed by atoms with Gasteiger partial charge in [0.25, 0.3) is 0 Å².